The highest BCUT2D eigenvalue weighted by Crippen LogP contribution is 2.16. The summed E-state index contributed by atoms with van der Waals surface area (Å²) >= 11 is 0. The highest BCUT2D eigenvalue weighted by molar-refractivity contribution is 5.59. The molecule has 0 aliphatic carbocycles. The lowest BCUT2D eigenvalue weighted by Gasteiger charge is -2.06. The summed E-state index contributed by atoms with van der Waals surface area (Å²) in [4.78, 5) is 0. The van der Waals surface area contributed by atoms with E-state index in [1.807, 2.05) is 0 Å². The fourth-order valence-corrected chi connectivity index (χ4v) is 1.07. The molecule has 14 heavy (non-hydrogen) atoms. The van der Waals surface area contributed by atoms with Gasteiger partial charge in [0.05, 0.1) is 0 Å². The van der Waals surface area contributed by atoms with Crippen molar-refractivity contribution in [1.82, 2.24) is 0 Å². The van der Waals surface area contributed by atoms with Crippen LogP contribution in [0.25, 0.3) is 5.76 Å². The van der Waals surface area contributed by atoms with Crippen molar-refractivity contribution in [3.63, 3.8) is 0 Å². The SMILES string of the molecule is NC/C=C(\OCF)c1cccc(F)c1. The monoisotopic (exact) mass is 199 g/mol. The van der Waals surface area contributed by atoms with Crippen LogP contribution in [0, 0.1) is 5.82 Å². The van der Waals surface area contributed by atoms with Gasteiger partial charge in [0.25, 0.3) is 0 Å². The average molecular weight is 199 g/mol. The molecule has 0 aliphatic rings. The second-order valence-electron chi connectivity index (χ2n) is 2.57. The highest BCUT2D eigenvalue weighted by atomic mass is 19.1. The van der Waals surface area contributed by atoms with Crippen molar-refractivity contribution in [3.8, 4) is 0 Å². The van der Waals surface area contributed by atoms with Gasteiger partial charge in [0.15, 0.2) is 0 Å². The maximum Gasteiger partial charge on any atom is 0.228 e. The van der Waals surface area contributed by atoms with Crippen LogP contribution in [-0.2, 0) is 4.74 Å². The number of ether oxygens (including phenoxy) is 1. The molecule has 2 N–H and O–H groups in total. The topological polar surface area (TPSA) is 35.2 Å². The smallest absolute Gasteiger partial charge is 0.228 e. The zero-order valence-electron chi connectivity index (χ0n) is 7.54. The maximum atomic E-state index is 12.8. The molecule has 0 heterocycles. The molecule has 1 aromatic rings. The number of benzene rings is 1. The Morgan fingerprint density at radius 3 is 2.86 bits per heavy atom. The molecule has 0 atom stereocenters. The van der Waals surface area contributed by atoms with Crippen LogP contribution in [0.5, 0.6) is 0 Å². The van der Waals surface area contributed by atoms with Gasteiger partial charge in [0.1, 0.15) is 11.6 Å². The first kappa shape index (κ1) is 10.7. The van der Waals surface area contributed by atoms with Crippen molar-refractivity contribution in [2.75, 3.05) is 13.4 Å². The van der Waals surface area contributed by atoms with Crippen molar-refractivity contribution < 1.29 is 13.5 Å². The van der Waals surface area contributed by atoms with E-state index < -0.39 is 12.7 Å². The summed E-state index contributed by atoms with van der Waals surface area (Å²) in [5.41, 5.74) is 5.74. The molecule has 1 rings (SSSR count). The first-order valence-electron chi connectivity index (χ1n) is 4.13. The highest BCUT2D eigenvalue weighted by Gasteiger charge is 2.02. The van der Waals surface area contributed by atoms with Crippen LogP contribution < -0.4 is 5.73 Å². The Morgan fingerprint density at radius 1 is 1.50 bits per heavy atom. The lowest BCUT2D eigenvalue weighted by Crippen LogP contribution is -1.98. The molecule has 0 radical (unpaired) electrons. The first-order chi connectivity index (χ1) is 6.77. The van der Waals surface area contributed by atoms with Gasteiger partial charge in [-0.2, -0.15) is 0 Å². The summed E-state index contributed by atoms with van der Waals surface area (Å²) in [5, 5.41) is 0. The zero-order valence-corrected chi connectivity index (χ0v) is 7.54. The lowest BCUT2D eigenvalue weighted by atomic mass is 10.2. The largest absolute Gasteiger partial charge is 0.463 e. The predicted molar refractivity (Wildman–Crippen MR) is 50.5 cm³/mol. The van der Waals surface area contributed by atoms with Gasteiger partial charge in [-0.15, -0.1) is 0 Å². The van der Waals surface area contributed by atoms with Crippen LogP contribution in [0.4, 0.5) is 8.78 Å². The minimum Gasteiger partial charge on any atom is -0.463 e. The van der Waals surface area contributed by atoms with E-state index in [9.17, 15) is 8.78 Å². The van der Waals surface area contributed by atoms with Crippen LogP contribution in [0.3, 0.4) is 0 Å². The van der Waals surface area contributed by atoms with E-state index in [2.05, 4.69) is 4.74 Å². The average Bonchev–Trinajstić information content (AvgIpc) is 2.17. The molecule has 1 aromatic carbocycles. The van der Waals surface area contributed by atoms with Crippen molar-refractivity contribution in [2.45, 2.75) is 0 Å². The van der Waals surface area contributed by atoms with Crippen molar-refractivity contribution in [3.05, 3.63) is 41.7 Å². The molecule has 0 aliphatic heterocycles. The van der Waals surface area contributed by atoms with E-state index in [-0.39, 0.29) is 12.3 Å². The number of nitrogens with two attached hydrogens (primary N) is 1. The standard InChI is InChI=1S/C10H11F2NO/c11-7-14-10(4-5-13)8-2-1-3-9(12)6-8/h1-4,6H,5,7,13H2/b10-4-. The van der Waals surface area contributed by atoms with Crippen LogP contribution in [0.2, 0.25) is 0 Å². The molecular weight excluding hydrogens is 188 g/mol. The third-order valence-electron chi connectivity index (χ3n) is 1.62. The Bertz CT molecular complexity index is 326. The molecule has 0 bridgehead atoms. The molecule has 2 nitrogen and oxygen atoms in total. The van der Waals surface area contributed by atoms with Crippen LogP contribution >= 0.6 is 0 Å². The normalized spacial score (nSPS) is 11.5. The molecule has 0 unspecified atom stereocenters. The maximum absolute atomic E-state index is 12.8. The second-order valence-corrected chi connectivity index (χ2v) is 2.57. The van der Waals surface area contributed by atoms with Crippen molar-refractivity contribution in [2.24, 2.45) is 5.73 Å². The van der Waals surface area contributed by atoms with Crippen LogP contribution in [-0.4, -0.2) is 13.4 Å². The molecule has 0 aromatic heterocycles. The first-order valence-corrected chi connectivity index (χ1v) is 4.13. The Balaban J connectivity index is 2.93. The Morgan fingerprint density at radius 2 is 2.29 bits per heavy atom. The van der Waals surface area contributed by atoms with E-state index in [0.717, 1.165) is 0 Å². The van der Waals surface area contributed by atoms with Crippen LogP contribution in [0.15, 0.2) is 30.3 Å². The molecular formula is C10H11F2NO. The molecule has 0 saturated heterocycles. The van der Waals surface area contributed by atoms with Gasteiger partial charge < -0.3 is 10.5 Å². The molecule has 0 amide bonds. The quantitative estimate of drug-likeness (QED) is 0.753. The van der Waals surface area contributed by atoms with E-state index in [4.69, 9.17) is 5.73 Å². The van der Waals surface area contributed by atoms with Crippen LogP contribution in [0.1, 0.15) is 5.56 Å². The third-order valence-corrected chi connectivity index (χ3v) is 1.62. The van der Waals surface area contributed by atoms with Gasteiger partial charge in [0.2, 0.25) is 6.86 Å². The van der Waals surface area contributed by atoms with E-state index >= 15 is 0 Å². The number of halogens is 2. The number of hydrogen-bond donors (Lipinski definition) is 1. The Hall–Kier alpha value is -1.42. The molecule has 0 fully saturated rings. The second kappa shape index (κ2) is 5.34. The van der Waals surface area contributed by atoms with E-state index in [1.54, 1.807) is 6.07 Å². The predicted octanol–water partition coefficient (Wildman–Crippen LogP) is 2.07. The van der Waals surface area contributed by atoms with Crippen molar-refractivity contribution in [1.29, 1.82) is 0 Å². The Labute approximate surface area is 81.0 Å². The summed E-state index contributed by atoms with van der Waals surface area (Å²) in [6, 6.07) is 5.72. The fraction of sp³-hybridized carbons (Fsp3) is 0.200. The van der Waals surface area contributed by atoms with E-state index in [0.29, 0.717) is 5.56 Å². The lowest BCUT2D eigenvalue weighted by molar-refractivity contribution is 0.160. The number of hydrogen-bond acceptors (Lipinski definition) is 2. The molecule has 4 heteroatoms. The van der Waals surface area contributed by atoms with Crippen molar-refractivity contribution >= 4 is 5.76 Å². The minimum absolute atomic E-state index is 0.214. The molecule has 0 spiro atoms. The number of alkyl halides is 1. The van der Waals surface area contributed by atoms with Gasteiger partial charge in [0, 0.05) is 12.1 Å². The van der Waals surface area contributed by atoms with Gasteiger partial charge in [-0.25, -0.2) is 8.78 Å². The summed E-state index contributed by atoms with van der Waals surface area (Å²) in [5.74, 6) is -0.137. The third kappa shape index (κ3) is 2.81. The van der Waals surface area contributed by atoms with Gasteiger partial charge in [-0.05, 0) is 18.2 Å². The summed E-state index contributed by atoms with van der Waals surface area (Å²) in [7, 11) is 0. The van der Waals surface area contributed by atoms with Gasteiger partial charge in [-0.1, -0.05) is 12.1 Å². The van der Waals surface area contributed by atoms with E-state index in [1.165, 1.54) is 24.3 Å². The summed E-state index contributed by atoms with van der Waals surface area (Å²) in [6.45, 7) is -0.742. The summed E-state index contributed by atoms with van der Waals surface area (Å²) in [6.07, 6.45) is 1.49. The molecule has 0 saturated carbocycles. The Kier molecular flexibility index (Phi) is 4.07. The van der Waals surface area contributed by atoms with Gasteiger partial charge >= 0.3 is 0 Å². The molecule has 76 valence electrons. The van der Waals surface area contributed by atoms with Gasteiger partial charge in [-0.3, -0.25) is 0 Å². The fourth-order valence-electron chi connectivity index (χ4n) is 1.07. The zero-order chi connectivity index (χ0) is 10.4. The minimum atomic E-state index is -0.956. The summed E-state index contributed by atoms with van der Waals surface area (Å²) < 4.78 is 29.4. The number of rotatable bonds is 4.